The van der Waals surface area contributed by atoms with E-state index in [1.54, 1.807) is 6.07 Å². The van der Waals surface area contributed by atoms with Crippen LogP contribution in [0, 0.1) is 10.1 Å². The fourth-order valence-corrected chi connectivity index (χ4v) is 2.57. The van der Waals surface area contributed by atoms with Crippen LogP contribution in [0.15, 0.2) is 46.6 Å². The first-order chi connectivity index (χ1) is 10.5. The van der Waals surface area contributed by atoms with Crippen molar-refractivity contribution in [2.45, 2.75) is 0 Å². The highest BCUT2D eigenvalue weighted by atomic mass is 32.1. The summed E-state index contributed by atoms with van der Waals surface area (Å²) >= 11 is 1.15. The molecule has 1 heterocycles. The van der Waals surface area contributed by atoms with E-state index in [1.807, 2.05) is 0 Å². The lowest BCUT2D eigenvalue weighted by molar-refractivity contribution is -0.384. The summed E-state index contributed by atoms with van der Waals surface area (Å²) in [6.45, 7) is 0. The number of phenols is 2. The molecule has 9 heteroatoms. The summed E-state index contributed by atoms with van der Waals surface area (Å²) < 4.78 is 0.623. The topological polar surface area (TPSA) is 121 Å². The molecule has 0 amide bonds. The van der Waals surface area contributed by atoms with E-state index in [0.717, 1.165) is 17.4 Å². The van der Waals surface area contributed by atoms with Gasteiger partial charge in [0.25, 0.3) is 5.69 Å². The molecule has 1 aromatic heterocycles. The SMILES string of the molecule is O=[N+]([O-])c1ccc2nc(N=Nc3ccc(O)cc3O)sc2c1. The molecule has 0 saturated carbocycles. The number of thiazole rings is 1. The van der Waals surface area contributed by atoms with Gasteiger partial charge in [0, 0.05) is 18.2 Å². The predicted octanol–water partition coefficient (Wildman–Crippen LogP) is 4.03. The van der Waals surface area contributed by atoms with Gasteiger partial charge in [-0.15, -0.1) is 10.2 Å². The zero-order chi connectivity index (χ0) is 15.7. The van der Waals surface area contributed by atoms with Crippen LogP contribution >= 0.6 is 11.3 Å². The van der Waals surface area contributed by atoms with E-state index in [0.29, 0.717) is 15.3 Å². The van der Waals surface area contributed by atoms with Crippen LogP contribution in [0.2, 0.25) is 0 Å². The number of nitrogens with zero attached hydrogens (tertiary/aromatic N) is 4. The Balaban J connectivity index is 1.93. The molecule has 2 N–H and O–H groups in total. The molecule has 0 unspecified atom stereocenters. The van der Waals surface area contributed by atoms with Crippen LogP contribution < -0.4 is 0 Å². The number of rotatable bonds is 3. The molecule has 0 saturated heterocycles. The number of azo groups is 1. The smallest absolute Gasteiger partial charge is 0.270 e. The van der Waals surface area contributed by atoms with Gasteiger partial charge in [0.2, 0.25) is 5.13 Å². The fourth-order valence-electron chi connectivity index (χ4n) is 1.75. The molecule has 0 bridgehead atoms. The van der Waals surface area contributed by atoms with E-state index in [9.17, 15) is 20.3 Å². The Morgan fingerprint density at radius 3 is 2.68 bits per heavy atom. The second-order valence-corrected chi connectivity index (χ2v) is 5.29. The van der Waals surface area contributed by atoms with Crippen LogP contribution in [0.4, 0.5) is 16.5 Å². The second kappa shape index (κ2) is 5.37. The summed E-state index contributed by atoms with van der Waals surface area (Å²) in [4.78, 5) is 14.4. The quantitative estimate of drug-likeness (QED) is 0.429. The predicted molar refractivity (Wildman–Crippen MR) is 80.2 cm³/mol. The molecule has 0 aliphatic carbocycles. The Labute approximate surface area is 127 Å². The number of phenolic OH excluding ortho intramolecular Hbond substituents is 2. The van der Waals surface area contributed by atoms with Crippen molar-refractivity contribution in [3.8, 4) is 11.5 Å². The third-order valence-corrected chi connectivity index (χ3v) is 3.68. The molecular weight excluding hydrogens is 308 g/mol. The van der Waals surface area contributed by atoms with Gasteiger partial charge in [-0.2, -0.15) is 0 Å². The number of aromatic nitrogens is 1. The van der Waals surface area contributed by atoms with Gasteiger partial charge in [-0.3, -0.25) is 10.1 Å². The summed E-state index contributed by atoms with van der Waals surface area (Å²) in [5, 5.41) is 37.6. The first-order valence-electron chi connectivity index (χ1n) is 6.01. The van der Waals surface area contributed by atoms with E-state index >= 15 is 0 Å². The van der Waals surface area contributed by atoms with Crippen LogP contribution in [0.5, 0.6) is 11.5 Å². The molecule has 3 aromatic rings. The van der Waals surface area contributed by atoms with Crippen LogP contribution in [-0.4, -0.2) is 20.1 Å². The zero-order valence-corrected chi connectivity index (χ0v) is 11.7. The zero-order valence-electron chi connectivity index (χ0n) is 10.9. The molecule has 110 valence electrons. The highest BCUT2D eigenvalue weighted by molar-refractivity contribution is 7.21. The van der Waals surface area contributed by atoms with Crippen molar-refractivity contribution in [3.05, 3.63) is 46.5 Å². The van der Waals surface area contributed by atoms with Gasteiger partial charge >= 0.3 is 0 Å². The maximum Gasteiger partial charge on any atom is 0.270 e. The van der Waals surface area contributed by atoms with E-state index in [2.05, 4.69) is 15.2 Å². The van der Waals surface area contributed by atoms with Gasteiger partial charge in [-0.05, 0) is 18.2 Å². The average Bonchev–Trinajstić information content (AvgIpc) is 2.88. The van der Waals surface area contributed by atoms with Crippen molar-refractivity contribution in [2.24, 2.45) is 10.2 Å². The molecule has 0 aliphatic heterocycles. The molecule has 8 nitrogen and oxygen atoms in total. The Bertz CT molecular complexity index is 906. The standard InChI is InChI=1S/C13H8N4O4S/c18-8-2-4-9(11(19)6-8)15-16-13-14-10-3-1-7(17(20)21)5-12(10)22-13/h1-6,18-19H. The van der Waals surface area contributed by atoms with Gasteiger partial charge < -0.3 is 10.2 Å². The van der Waals surface area contributed by atoms with Gasteiger partial charge in [0.15, 0.2) is 0 Å². The van der Waals surface area contributed by atoms with Gasteiger partial charge in [-0.25, -0.2) is 4.98 Å². The maximum atomic E-state index is 10.7. The fraction of sp³-hybridized carbons (Fsp3) is 0. The molecular formula is C13H8N4O4S. The van der Waals surface area contributed by atoms with Crippen molar-refractivity contribution in [1.29, 1.82) is 0 Å². The van der Waals surface area contributed by atoms with Crippen molar-refractivity contribution in [3.63, 3.8) is 0 Å². The largest absolute Gasteiger partial charge is 0.508 e. The summed E-state index contributed by atoms with van der Waals surface area (Å²) in [6, 6.07) is 8.26. The van der Waals surface area contributed by atoms with E-state index in [-0.39, 0.29) is 22.9 Å². The van der Waals surface area contributed by atoms with Gasteiger partial charge in [0.1, 0.15) is 17.2 Å². The highest BCUT2D eigenvalue weighted by Crippen LogP contribution is 2.34. The molecule has 0 spiro atoms. The lowest BCUT2D eigenvalue weighted by Crippen LogP contribution is -1.85. The van der Waals surface area contributed by atoms with Crippen molar-refractivity contribution in [1.82, 2.24) is 4.98 Å². The molecule has 2 aromatic carbocycles. The molecule has 0 atom stereocenters. The molecule has 0 fully saturated rings. The minimum absolute atomic E-state index is 0.0178. The monoisotopic (exact) mass is 316 g/mol. The number of nitro benzene ring substituents is 1. The number of nitro groups is 1. The van der Waals surface area contributed by atoms with Gasteiger partial charge in [-0.1, -0.05) is 11.3 Å². The minimum Gasteiger partial charge on any atom is -0.508 e. The van der Waals surface area contributed by atoms with E-state index < -0.39 is 4.92 Å². The lowest BCUT2D eigenvalue weighted by Gasteiger charge is -1.96. The van der Waals surface area contributed by atoms with Crippen molar-refractivity contribution < 1.29 is 15.1 Å². The Kier molecular flexibility index (Phi) is 3.39. The Morgan fingerprint density at radius 1 is 1.14 bits per heavy atom. The Morgan fingerprint density at radius 2 is 1.95 bits per heavy atom. The normalized spacial score (nSPS) is 11.3. The number of fused-ring (bicyclic) bond motifs is 1. The third-order valence-electron chi connectivity index (χ3n) is 2.77. The number of hydrogen-bond acceptors (Lipinski definition) is 8. The minimum atomic E-state index is -0.477. The van der Waals surface area contributed by atoms with Gasteiger partial charge in [0.05, 0.1) is 15.1 Å². The average molecular weight is 316 g/mol. The van der Waals surface area contributed by atoms with Crippen LogP contribution in [0.3, 0.4) is 0 Å². The van der Waals surface area contributed by atoms with E-state index in [4.69, 9.17) is 0 Å². The van der Waals surface area contributed by atoms with Crippen molar-refractivity contribution in [2.75, 3.05) is 0 Å². The first-order valence-corrected chi connectivity index (χ1v) is 6.83. The van der Waals surface area contributed by atoms with Crippen LogP contribution in [0.25, 0.3) is 10.2 Å². The summed E-state index contributed by atoms with van der Waals surface area (Å²) in [5.74, 6) is -0.288. The number of hydrogen-bond donors (Lipinski definition) is 2. The molecule has 22 heavy (non-hydrogen) atoms. The second-order valence-electron chi connectivity index (χ2n) is 4.28. The Hall–Kier alpha value is -3.07. The highest BCUT2D eigenvalue weighted by Gasteiger charge is 2.10. The summed E-state index contributed by atoms with van der Waals surface area (Å²) in [6.07, 6.45) is 0. The summed E-state index contributed by atoms with van der Waals surface area (Å²) in [5.41, 5.74) is 0.748. The molecule has 3 rings (SSSR count). The molecule has 0 radical (unpaired) electrons. The van der Waals surface area contributed by atoms with Crippen molar-refractivity contribution >= 4 is 38.1 Å². The number of non-ortho nitro benzene ring substituents is 1. The summed E-state index contributed by atoms with van der Waals surface area (Å²) in [7, 11) is 0. The first kappa shape index (κ1) is 13.9. The third kappa shape index (κ3) is 2.69. The lowest BCUT2D eigenvalue weighted by atomic mass is 10.3. The van der Waals surface area contributed by atoms with E-state index in [1.165, 1.54) is 24.3 Å². The van der Waals surface area contributed by atoms with Crippen LogP contribution in [-0.2, 0) is 0 Å². The number of aromatic hydroxyl groups is 2. The van der Waals surface area contributed by atoms with Crippen LogP contribution in [0.1, 0.15) is 0 Å². The molecule has 0 aliphatic rings. The number of benzene rings is 2. The maximum absolute atomic E-state index is 10.7.